The normalized spacial score (nSPS) is 10.6. The number of rotatable bonds is 11. The third kappa shape index (κ3) is 7.69. The maximum Gasteiger partial charge on any atom is 0.303 e. The number of halogens is 1. The Hall–Kier alpha value is -2.55. The molecule has 0 fully saturated rings. The van der Waals surface area contributed by atoms with Gasteiger partial charge in [-0.3, -0.25) is 9.18 Å². The summed E-state index contributed by atoms with van der Waals surface area (Å²) < 4.78 is 13.9. The Labute approximate surface area is 163 Å². The molecule has 0 aliphatic carbocycles. The van der Waals surface area contributed by atoms with Gasteiger partial charge in [0.05, 0.1) is 24.3 Å². The lowest BCUT2D eigenvalue weighted by molar-refractivity contribution is -0.137. The van der Waals surface area contributed by atoms with Gasteiger partial charge in [0.1, 0.15) is 0 Å². The van der Waals surface area contributed by atoms with Gasteiger partial charge >= 0.3 is 5.97 Å². The molecule has 0 aliphatic heterocycles. The summed E-state index contributed by atoms with van der Waals surface area (Å²) in [6.45, 7) is 0.341. The van der Waals surface area contributed by atoms with Crippen molar-refractivity contribution in [3.63, 3.8) is 0 Å². The number of carboxylic acid groups (broad SMARTS) is 1. The third-order valence-electron chi connectivity index (χ3n) is 3.85. The number of thiocarbonyl (C=S) groups is 1. The summed E-state index contributed by atoms with van der Waals surface area (Å²) in [5.74, 6) is -0.759. The first-order valence-corrected chi connectivity index (χ1v) is 9.33. The van der Waals surface area contributed by atoms with Crippen LogP contribution in [0.5, 0.6) is 0 Å². The molecule has 0 spiro atoms. The van der Waals surface area contributed by atoms with E-state index in [-0.39, 0.29) is 13.1 Å². The van der Waals surface area contributed by atoms with Gasteiger partial charge < -0.3 is 15.7 Å². The average Bonchev–Trinajstić information content (AvgIpc) is 3.12. The lowest BCUT2D eigenvalue weighted by Gasteiger charge is -2.11. The number of carboxylic acids is 1. The highest BCUT2D eigenvalue weighted by molar-refractivity contribution is 7.80. The van der Waals surface area contributed by atoms with E-state index in [1.807, 2.05) is 24.3 Å². The smallest absolute Gasteiger partial charge is 0.303 e. The van der Waals surface area contributed by atoms with E-state index in [1.54, 1.807) is 10.9 Å². The molecule has 146 valence electrons. The number of alkyl halides is 1. The molecule has 7 nitrogen and oxygen atoms in total. The first kappa shape index (κ1) is 20.8. The number of aliphatic carboxylic acids is 1. The minimum Gasteiger partial charge on any atom is -0.481 e. The average molecular weight is 393 g/mol. The van der Waals surface area contributed by atoms with Gasteiger partial charge in [-0.15, -0.1) is 5.10 Å². The Morgan fingerprint density at radius 3 is 2.67 bits per heavy atom. The van der Waals surface area contributed by atoms with Gasteiger partial charge in [0.15, 0.2) is 5.11 Å². The minimum atomic E-state index is -0.759. The topological polar surface area (TPSA) is 92.1 Å². The van der Waals surface area contributed by atoms with Crippen LogP contribution in [0.15, 0.2) is 30.5 Å². The monoisotopic (exact) mass is 393 g/mol. The fraction of sp³-hybridized carbons (Fsp3) is 0.444. The summed E-state index contributed by atoms with van der Waals surface area (Å²) in [7, 11) is 0. The van der Waals surface area contributed by atoms with Crippen LogP contribution in [0.25, 0.3) is 5.69 Å². The van der Waals surface area contributed by atoms with Crippen molar-refractivity contribution in [1.82, 2.24) is 20.3 Å². The van der Waals surface area contributed by atoms with E-state index in [1.165, 1.54) is 0 Å². The lowest BCUT2D eigenvalue weighted by Crippen LogP contribution is -2.29. The van der Waals surface area contributed by atoms with Crippen molar-refractivity contribution in [2.75, 3.05) is 18.5 Å². The van der Waals surface area contributed by atoms with Crippen molar-refractivity contribution >= 4 is 29.0 Å². The molecule has 1 aromatic carbocycles. The molecule has 2 aromatic rings. The molecule has 9 heteroatoms. The SMILES string of the molecule is O=C(O)CCCCCNC(=S)Nc1ccc(-n2cc(CCCF)nn2)cc1. The van der Waals surface area contributed by atoms with Crippen molar-refractivity contribution in [2.45, 2.75) is 38.5 Å². The van der Waals surface area contributed by atoms with Crippen LogP contribution in [0, 0.1) is 0 Å². The summed E-state index contributed by atoms with van der Waals surface area (Å²) >= 11 is 5.25. The standard InChI is InChI=1S/C18H24FN5O2S/c19-11-4-5-15-13-24(23-22-15)16-9-7-14(8-10-16)21-18(27)20-12-3-1-2-6-17(25)26/h7-10,13H,1-6,11-12H2,(H,25,26)(H2,20,21,27). The van der Waals surface area contributed by atoms with Gasteiger partial charge in [-0.05, 0) is 62.2 Å². The Morgan fingerprint density at radius 2 is 1.96 bits per heavy atom. The number of carbonyl (C=O) groups is 1. The van der Waals surface area contributed by atoms with Crippen LogP contribution in [0.1, 0.15) is 37.8 Å². The molecule has 0 radical (unpaired) electrons. The Bertz CT molecular complexity index is 736. The molecule has 1 heterocycles. The zero-order chi connectivity index (χ0) is 19.5. The highest BCUT2D eigenvalue weighted by atomic mass is 32.1. The molecule has 0 bridgehead atoms. The van der Waals surface area contributed by atoms with Gasteiger partial charge in [0, 0.05) is 18.7 Å². The van der Waals surface area contributed by atoms with Crippen LogP contribution in [0.4, 0.5) is 10.1 Å². The summed E-state index contributed by atoms with van der Waals surface area (Å²) in [6, 6.07) is 7.56. The summed E-state index contributed by atoms with van der Waals surface area (Å²) in [5, 5.41) is 23.4. The number of aromatic nitrogens is 3. The number of anilines is 1. The van der Waals surface area contributed by atoms with Crippen molar-refractivity contribution in [1.29, 1.82) is 0 Å². The summed E-state index contributed by atoms with van der Waals surface area (Å²) in [5.41, 5.74) is 2.47. The quantitative estimate of drug-likeness (QED) is 0.399. The van der Waals surface area contributed by atoms with Crippen LogP contribution < -0.4 is 10.6 Å². The zero-order valence-corrected chi connectivity index (χ0v) is 15.8. The molecular weight excluding hydrogens is 369 g/mol. The molecule has 27 heavy (non-hydrogen) atoms. The molecular formula is C18H24FN5O2S. The van der Waals surface area contributed by atoms with E-state index >= 15 is 0 Å². The van der Waals surface area contributed by atoms with Crippen molar-refractivity contribution in [2.24, 2.45) is 0 Å². The van der Waals surface area contributed by atoms with Crippen molar-refractivity contribution in [3.05, 3.63) is 36.2 Å². The largest absolute Gasteiger partial charge is 0.481 e. The van der Waals surface area contributed by atoms with E-state index < -0.39 is 5.97 Å². The number of benzene rings is 1. The predicted octanol–water partition coefficient (Wildman–Crippen LogP) is 3.10. The Morgan fingerprint density at radius 1 is 1.19 bits per heavy atom. The molecule has 0 saturated carbocycles. The highest BCUT2D eigenvalue weighted by Crippen LogP contribution is 2.13. The molecule has 2 rings (SSSR count). The molecule has 1 aromatic heterocycles. The summed E-state index contributed by atoms with van der Waals surface area (Å²) in [6.07, 6.45) is 5.42. The van der Waals surface area contributed by atoms with Crippen LogP contribution >= 0.6 is 12.2 Å². The van der Waals surface area contributed by atoms with E-state index in [9.17, 15) is 9.18 Å². The number of hydrogen-bond donors (Lipinski definition) is 3. The number of hydrogen-bond acceptors (Lipinski definition) is 4. The fourth-order valence-corrected chi connectivity index (χ4v) is 2.66. The fourth-order valence-electron chi connectivity index (χ4n) is 2.44. The first-order valence-electron chi connectivity index (χ1n) is 8.93. The van der Waals surface area contributed by atoms with Crippen LogP contribution in [-0.2, 0) is 11.2 Å². The van der Waals surface area contributed by atoms with Gasteiger partial charge in [-0.1, -0.05) is 11.6 Å². The maximum atomic E-state index is 12.2. The molecule has 3 N–H and O–H groups in total. The number of nitrogens with one attached hydrogen (secondary N) is 2. The second-order valence-corrected chi connectivity index (χ2v) is 6.49. The first-order chi connectivity index (χ1) is 13.1. The van der Waals surface area contributed by atoms with Gasteiger partial charge in [0.25, 0.3) is 0 Å². The molecule has 0 saturated heterocycles. The molecule has 0 unspecified atom stereocenters. The van der Waals surface area contributed by atoms with E-state index in [0.717, 1.165) is 29.9 Å². The molecule has 0 amide bonds. The van der Waals surface area contributed by atoms with E-state index in [2.05, 4.69) is 20.9 Å². The number of nitrogens with zero attached hydrogens (tertiary/aromatic N) is 3. The second-order valence-electron chi connectivity index (χ2n) is 6.08. The number of unbranched alkanes of at least 4 members (excludes halogenated alkanes) is 2. The van der Waals surface area contributed by atoms with Crippen LogP contribution in [0.2, 0.25) is 0 Å². The molecule has 0 aliphatic rings. The molecule has 0 atom stereocenters. The van der Waals surface area contributed by atoms with Crippen LogP contribution in [0.3, 0.4) is 0 Å². The van der Waals surface area contributed by atoms with Gasteiger partial charge in [-0.2, -0.15) is 0 Å². The third-order valence-corrected chi connectivity index (χ3v) is 4.10. The van der Waals surface area contributed by atoms with Gasteiger partial charge in [0.2, 0.25) is 0 Å². The number of aryl methyl sites for hydroxylation is 1. The highest BCUT2D eigenvalue weighted by Gasteiger charge is 2.04. The zero-order valence-electron chi connectivity index (χ0n) is 15.0. The second kappa shape index (κ2) is 11.2. The Balaban J connectivity index is 1.74. The van der Waals surface area contributed by atoms with Crippen molar-refractivity contribution in [3.8, 4) is 5.69 Å². The van der Waals surface area contributed by atoms with Crippen molar-refractivity contribution < 1.29 is 14.3 Å². The minimum absolute atomic E-state index is 0.207. The maximum absolute atomic E-state index is 12.2. The van der Waals surface area contributed by atoms with Crippen LogP contribution in [-0.4, -0.2) is 44.4 Å². The van der Waals surface area contributed by atoms with E-state index in [0.29, 0.717) is 30.9 Å². The van der Waals surface area contributed by atoms with Gasteiger partial charge in [-0.25, -0.2) is 4.68 Å². The lowest BCUT2D eigenvalue weighted by atomic mass is 10.2. The summed E-state index contributed by atoms with van der Waals surface area (Å²) in [4.78, 5) is 10.4. The predicted molar refractivity (Wildman–Crippen MR) is 106 cm³/mol. The van der Waals surface area contributed by atoms with E-state index in [4.69, 9.17) is 17.3 Å². The Kier molecular flexibility index (Phi) is 8.63.